The first kappa shape index (κ1) is 14.4. The van der Waals surface area contributed by atoms with Crippen LogP contribution in [0.5, 0.6) is 5.75 Å². The van der Waals surface area contributed by atoms with E-state index in [1.165, 1.54) is 0 Å². The predicted octanol–water partition coefficient (Wildman–Crippen LogP) is 2.17. The quantitative estimate of drug-likeness (QED) is 0.940. The molecule has 1 N–H and O–H groups in total. The van der Waals surface area contributed by atoms with Crippen LogP contribution in [0.2, 0.25) is 0 Å². The molecule has 5 heteroatoms. The average molecular weight is 294 g/mol. The number of phenols is 1. The van der Waals surface area contributed by atoms with Crippen molar-refractivity contribution in [1.82, 2.24) is 9.88 Å². The van der Waals surface area contributed by atoms with Crippen molar-refractivity contribution in [2.75, 3.05) is 31.1 Å². The van der Waals surface area contributed by atoms with Crippen molar-refractivity contribution in [2.24, 2.45) is 0 Å². The number of pyridine rings is 1. The Kier molecular flexibility index (Phi) is 4.22. The molecule has 5 nitrogen and oxygen atoms in total. The van der Waals surface area contributed by atoms with E-state index in [1.54, 1.807) is 24.4 Å². The summed E-state index contributed by atoms with van der Waals surface area (Å²) in [6.45, 7) is 3.27. The number of aromatic hydroxyl groups is 1. The summed E-state index contributed by atoms with van der Waals surface area (Å²) in [6.07, 6.45) is 1.80. The maximum Gasteiger partial charge on any atom is 0.128 e. The molecule has 22 heavy (non-hydrogen) atoms. The van der Waals surface area contributed by atoms with E-state index in [1.807, 2.05) is 24.3 Å². The number of nitrogens with zero attached hydrogens (tertiary/aromatic N) is 4. The van der Waals surface area contributed by atoms with Crippen LogP contribution in [0.1, 0.15) is 11.6 Å². The average Bonchev–Trinajstić information content (AvgIpc) is 2.57. The summed E-state index contributed by atoms with van der Waals surface area (Å²) in [5.41, 5.74) is 0.841. The molecule has 0 amide bonds. The molecule has 0 spiro atoms. The van der Waals surface area contributed by atoms with Gasteiger partial charge in [0.2, 0.25) is 0 Å². The Hall–Kier alpha value is -2.58. The predicted molar refractivity (Wildman–Crippen MR) is 84.5 cm³/mol. The summed E-state index contributed by atoms with van der Waals surface area (Å²) in [4.78, 5) is 8.75. The molecule has 1 aromatic carbocycles. The monoisotopic (exact) mass is 294 g/mol. The number of aromatic nitrogens is 1. The van der Waals surface area contributed by atoms with Gasteiger partial charge in [0.15, 0.2) is 0 Å². The molecule has 1 aliphatic heterocycles. The molecule has 0 bridgehead atoms. The van der Waals surface area contributed by atoms with Crippen molar-refractivity contribution in [3.63, 3.8) is 0 Å². The second-order valence-corrected chi connectivity index (χ2v) is 5.34. The van der Waals surface area contributed by atoms with Gasteiger partial charge in [0.05, 0.1) is 6.07 Å². The molecule has 1 fully saturated rings. The van der Waals surface area contributed by atoms with Crippen molar-refractivity contribution in [2.45, 2.75) is 6.04 Å². The fourth-order valence-electron chi connectivity index (χ4n) is 2.81. The van der Waals surface area contributed by atoms with Gasteiger partial charge in [0.1, 0.15) is 17.6 Å². The minimum absolute atomic E-state index is 0.199. The third kappa shape index (κ3) is 3.02. The lowest BCUT2D eigenvalue weighted by Crippen LogP contribution is -2.47. The molecule has 0 aliphatic carbocycles. The lowest BCUT2D eigenvalue weighted by atomic mass is 10.1. The van der Waals surface area contributed by atoms with Gasteiger partial charge in [0.25, 0.3) is 0 Å². The highest BCUT2D eigenvalue weighted by Gasteiger charge is 2.25. The van der Waals surface area contributed by atoms with Gasteiger partial charge in [-0.3, -0.25) is 4.90 Å². The maximum atomic E-state index is 9.60. The molecule has 112 valence electrons. The normalized spacial score (nSPS) is 17.0. The van der Waals surface area contributed by atoms with Crippen molar-refractivity contribution in [3.05, 3.63) is 54.2 Å². The third-order valence-corrected chi connectivity index (χ3v) is 3.96. The lowest BCUT2D eigenvalue weighted by Gasteiger charge is -2.37. The highest BCUT2D eigenvalue weighted by molar-refractivity contribution is 5.39. The van der Waals surface area contributed by atoms with E-state index in [0.29, 0.717) is 0 Å². The fraction of sp³-hybridized carbons (Fsp3) is 0.294. The molecule has 1 unspecified atom stereocenters. The number of nitriles is 1. The van der Waals surface area contributed by atoms with E-state index in [0.717, 1.165) is 37.6 Å². The van der Waals surface area contributed by atoms with E-state index >= 15 is 0 Å². The van der Waals surface area contributed by atoms with Crippen molar-refractivity contribution in [1.29, 1.82) is 5.26 Å². The van der Waals surface area contributed by atoms with Gasteiger partial charge in [-0.1, -0.05) is 18.2 Å². The number of anilines is 1. The summed E-state index contributed by atoms with van der Waals surface area (Å²) in [6, 6.07) is 14.9. The zero-order valence-electron chi connectivity index (χ0n) is 12.3. The molecule has 0 radical (unpaired) electrons. The molecule has 1 aromatic heterocycles. The van der Waals surface area contributed by atoms with Crippen LogP contribution in [-0.4, -0.2) is 41.2 Å². The Balaban J connectivity index is 1.69. The van der Waals surface area contributed by atoms with Gasteiger partial charge in [-0.15, -0.1) is 0 Å². The minimum Gasteiger partial charge on any atom is -0.508 e. The van der Waals surface area contributed by atoms with E-state index in [-0.39, 0.29) is 11.8 Å². The van der Waals surface area contributed by atoms with Gasteiger partial charge in [-0.05, 0) is 29.8 Å². The second-order valence-electron chi connectivity index (χ2n) is 5.34. The first-order valence-electron chi connectivity index (χ1n) is 7.36. The van der Waals surface area contributed by atoms with Gasteiger partial charge >= 0.3 is 0 Å². The fourth-order valence-corrected chi connectivity index (χ4v) is 2.81. The van der Waals surface area contributed by atoms with Gasteiger partial charge in [-0.2, -0.15) is 5.26 Å². The van der Waals surface area contributed by atoms with Gasteiger partial charge in [0, 0.05) is 32.4 Å². The molecule has 3 rings (SSSR count). The number of hydrogen-bond donors (Lipinski definition) is 1. The molecule has 1 aliphatic rings. The Morgan fingerprint density at radius 1 is 1.09 bits per heavy atom. The van der Waals surface area contributed by atoms with Crippen LogP contribution in [0.4, 0.5) is 5.82 Å². The highest BCUT2D eigenvalue weighted by Crippen LogP contribution is 2.25. The van der Waals surface area contributed by atoms with E-state index in [9.17, 15) is 10.4 Å². The van der Waals surface area contributed by atoms with Crippen molar-refractivity contribution in [3.8, 4) is 11.8 Å². The summed E-state index contributed by atoms with van der Waals surface area (Å²) in [5, 5.41) is 19.1. The van der Waals surface area contributed by atoms with Crippen molar-refractivity contribution < 1.29 is 5.11 Å². The zero-order chi connectivity index (χ0) is 15.4. The zero-order valence-corrected chi connectivity index (χ0v) is 12.3. The standard InChI is InChI=1S/C17H18N4O/c18-13-16(14-4-3-5-15(22)12-14)20-8-10-21(11-9-20)17-6-1-2-7-19-17/h1-7,12,16,22H,8-11H2. The van der Waals surface area contributed by atoms with Crippen LogP contribution in [-0.2, 0) is 0 Å². The molecule has 0 saturated carbocycles. The van der Waals surface area contributed by atoms with Crippen LogP contribution in [0.25, 0.3) is 0 Å². The van der Waals surface area contributed by atoms with E-state index in [2.05, 4.69) is 20.9 Å². The Morgan fingerprint density at radius 2 is 1.91 bits per heavy atom. The van der Waals surface area contributed by atoms with Crippen LogP contribution < -0.4 is 4.90 Å². The Morgan fingerprint density at radius 3 is 2.55 bits per heavy atom. The minimum atomic E-state index is -0.321. The Bertz CT molecular complexity index is 660. The smallest absolute Gasteiger partial charge is 0.128 e. The van der Waals surface area contributed by atoms with Crippen LogP contribution in [0, 0.1) is 11.3 Å². The molecule has 2 aromatic rings. The topological polar surface area (TPSA) is 63.4 Å². The summed E-state index contributed by atoms with van der Waals surface area (Å²) in [5.74, 6) is 1.18. The molecule has 1 saturated heterocycles. The first-order chi connectivity index (χ1) is 10.8. The first-order valence-corrected chi connectivity index (χ1v) is 7.36. The van der Waals surface area contributed by atoms with Crippen LogP contribution in [0.3, 0.4) is 0 Å². The SMILES string of the molecule is N#CC(c1cccc(O)c1)N1CCN(c2ccccn2)CC1. The maximum absolute atomic E-state index is 9.60. The number of piperazine rings is 1. The van der Waals surface area contributed by atoms with E-state index < -0.39 is 0 Å². The number of phenolic OH excluding ortho intramolecular Hbond substituents is 1. The second kappa shape index (κ2) is 6.46. The molecular formula is C17H18N4O. The summed E-state index contributed by atoms with van der Waals surface area (Å²) in [7, 11) is 0. The number of benzene rings is 1. The van der Waals surface area contributed by atoms with Gasteiger partial charge < -0.3 is 10.0 Å². The largest absolute Gasteiger partial charge is 0.508 e. The number of hydrogen-bond acceptors (Lipinski definition) is 5. The van der Waals surface area contributed by atoms with Gasteiger partial charge in [-0.25, -0.2) is 4.98 Å². The number of rotatable bonds is 3. The third-order valence-electron chi connectivity index (χ3n) is 3.96. The van der Waals surface area contributed by atoms with Crippen LogP contribution >= 0.6 is 0 Å². The summed E-state index contributed by atoms with van der Waals surface area (Å²) < 4.78 is 0. The van der Waals surface area contributed by atoms with Crippen molar-refractivity contribution >= 4 is 5.82 Å². The Labute approximate surface area is 130 Å². The molecular weight excluding hydrogens is 276 g/mol. The molecule has 1 atom stereocenters. The van der Waals surface area contributed by atoms with E-state index in [4.69, 9.17) is 0 Å². The lowest BCUT2D eigenvalue weighted by molar-refractivity contribution is 0.221. The van der Waals surface area contributed by atoms with Crippen LogP contribution in [0.15, 0.2) is 48.7 Å². The molecule has 2 heterocycles. The highest BCUT2D eigenvalue weighted by atomic mass is 16.3. The summed E-state index contributed by atoms with van der Waals surface area (Å²) >= 11 is 0.